The fourth-order valence-electron chi connectivity index (χ4n) is 3.91. The van der Waals surface area contributed by atoms with Gasteiger partial charge in [0.2, 0.25) is 0 Å². The first-order chi connectivity index (χ1) is 12.1. The largest absolute Gasteiger partial charge is 0.294 e. The highest BCUT2D eigenvalue weighted by atomic mass is 35.5. The summed E-state index contributed by atoms with van der Waals surface area (Å²) in [7, 11) is 0. The first-order valence-corrected chi connectivity index (χ1v) is 9.02. The van der Waals surface area contributed by atoms with Gasteiger partial charge in [-0.25, -0.2) is 0 Å². The van der Waals surface area contributed by atoms with E-state index in [1.165, 1.54) is 0 Å². The van der Waals surface area contributed by atoms with Gasteiger partial charge in [0.25, 0.3) is 0 Å². The van der Waals surface area contributed by atoms with E-state index in [1.54, 1.807) is 6.07 Å². The zero-order valence-electron chi connectivity index (χ0n) is 13.5. The number of hydrogen-bond donors (Lipinski definition) is 0. The van der Waals surface area contributed by atoms with Crippen LogP contribution in [0.2, 0.25) is 10.0 Å². The Kier molecular flexibility index (Phi) is 4.15. The van der Waals surface area contributed by atoms with Gasteiger partial charge in [-0.3, -0.25) is 4.79 Å². The summed E-state index contributed by atoms with van der Waals surface area (Å²) < 4.78 is 0. The van der Waals surface area contributed by atoms with Crippen LogP contribution in [0.1, 0.15) is 39.9 Å². The maximum Gasteiger partial charge on any atom is 0.163 e. The van der Waals surface area contributed by atoms with Crippen molar-refractivity contribution in [2.24, 2.45) is 0 Å². The van der Waals surface area contributed by atoms with Gasteiger partial charge in [0, 0.05) is 27.4 Å². The molecule has 1 atom stereocenters. The standard InChI is InChI=1S/C22H16Cl2O/c23-17-8-6-16(7-9-17)22(15-4-2-1-3-5-15)13-12-21(25)19-11-10-18(24)14-20(19)22/h1-11,14H,12-13H2. The molecule has 124 valence electrons. The van der Waals surface area contributed by atoms with Gasteiger partial charge in [-0.1, -0.05) is 65.7 Å². The molecule has 0 heterocycles. The Morgan fingerprint density at radius 2 is 1.40 bits per heavy atom. The van der Waals surface area contributed by atoms with E-state index in [0.717, 1.165) is 22.3 Å². The van der Waals surface area contributed by atoms with Crippen LogP contribution in [0.4, 0.5) is 0 Å². The first kappa shape index (κ1) is 16.4. The summed E-state index contributed by atoms with van der Waals surface area (Å²) in [5.41, 5.74) is 3.62. The van der Waals surface area contributed by atoms with Crippen LogP contribution in [0.3, 0.4) is 0 Å². The van der Waals surface area contributed by atoms with Crippen molar-refractivity contribution in [2.75, 3.05) is 0 Å². The molecule has 3 aromatic carbocycles. The molecule has 3 aromatic rings. The lowest BCUT2D eigenvalue weighted by Crippen LogP contribution is -2.35. The third-order valence-corrected chi connectivity index (χ3v) is 5.56. The number of carbonyl (C=O) groups is 1. The summed E-state index contributed by atoms with van der Waals surface area (Å²) in [5, 5.41) is 1.34. The Balaban J connectivity index is 2.07. The van der Waals surface area contributed by atoms with Gasteiger partial charge in [0.05, 0.1) is 0 Å². The highest BCUT2D eigenvalue weighted by molar-refractivity contribution is 6.31. The van der Waals surface area contributed by atoms with E-state index >= 15 is 0 Å². The number of hydrogen-bond acceptors (Lipinski definition) is 1. The summed E-state index contributed by atoms with van der Waals surface area (Å²) in [4.78, 5) is 12.5. The third-order valence-electron chi connectivity index (χ3n) is 5.07. The molecule has 0 fully saturated rings. The molecule has 0 amide bonds. The van der Waals surface area contributed by atoms with Crippen LogP contribution in [0, 0.1) is 0 Å². The lowest BCUT2D eigenvalue weighted by molar-refractivity contribution is 0.0962. The van der Waals surface area contributed by atoms with Crippen LogP contribution >= 0.6 is 23.2 Å². The van der Waals surface area contributed by atoms with Crippen molar-refractivity contribution in [3.63, 3.8) is 0 Å². The third kappa shape index (κ3) is 2.68. The van der Waals surface area contributed by atoms with Crippen molar-refractivity contribution in [3.05, 3.63) is 105 Å². The molecular formula is C22H16Cl2O. The van der Waals surface area contributed by atoms with E-state index in [9.17, 15) is 4.79 Å². The summed E-state index contributed by atoms with van der Waals surface area (Å²) in [6, 6.07) is 23.8. The van der Waals surface area contributed by atoms with Gasteiger partial charge in [-0.05, 0) is 53.4 Å². The fourth-order valence-corrected chi connectivity index (χ4v) is 4.20. The molecule has 3 heteroatoms. The normalized spacial score (nSPS) is 19.5. The van der Waals surface area contributed by atoms with Gasteiger partial charge in [-0.2, -0.15) is 0 Å². The van der Waals surface area contributed by atoms with Crippen LogP contribution in [-0.4, -0.2) is 5.78 Å². The number of benzene rings is 3. The minimum Gasteiger partial charge on any atom is -0.294 e. The van der Waals surface area contributed by atoms with E-state index in [0.29, 0.717) is 22.9 Å². The number of rotatable bonds is 2. The van der Waals surface area contributed by atoms with Crippen molar-refractivity contribution >= 4 is 29.0 Å². The van der Waals surface area contributed by atoms with E-state index in [4.69, 9.17) is 23.2 Å². The van der Waals surface area contributed by atoms with Crippen LogP contribution < -0.4 is 0 Å². The van der Waals surface area contributed by atoms with Crippen LogP contribution in [-0.2, 0) is 5.41 Å². The van der Waals surface area contributed by atoms with Gasteiger partial charge < -0.3 is 0 Å². The second-order valence-electron chi connectivity index (χ2n) is 6.39. The second kappa shape index (κ2) is 6.33. The molecule has 0 bridgehead atoms. The Morgan fingerprint density at radius 3 is 2.12 bits per heavy atom. The number of Topliss-reactive ketones (excluding diaryl/α,β-unsaturated/α-hetero) is 1. The molecule has 1 nitrogen and oxygen atoms in total. The van der Waals surface area contributed by atoms with E-state index in [1.807, 2.05) is 42.5 Å². The molecule has 1 aliphatic carbocycles. The molecule has 1 unspecified atom stereocenters. The summed E-state index contributed by atoms with van der Waals surface area (Å²) in [5.74, 6) is 0.173. The Hall–Kier alpha value is -2.09. The monoisotopic (exact) mass is 366 g/mol. The lowest BCUT2D eigenvalue weighted by atomic mass is 9.62. The molecule has 0 saturated carbocycles. The average molecular weight is 367 g/mol. The molecule has 0 aliphatic heterocycles. The Labute approximate surface area is 157 Å². The minimum atomic E-state index is -0.403. The maximum absolute atomic E-state index is 12.5. The molecule has 4 rings (SSSR count). The zero-order valence-corrected chi connectivity index (χ0v) is 15.0. The average Bonchev–Trinajstić information content (AvgIpc) is 2.64. The smallest absolute Gasteiger partial charge is 0.163 e. The van der Waals surface area contributed by atoms with Crippen LogP contribution in [0.5, 0.6) is 0 Å². The topological polar surface area (TPSA) is 17.1 Å². The van der Waals surface area contributed by atoms with Crippen molar-refractivity contribution < 1.29 is 4.79 Å². The lowest BCUT2D eigenvalue weighted by Gasteiger charge is -2.40. The Bertz CT molecular complexity index is 932. The van der Waals surface area contributed by atoms with E-state index in [-0.39, 0.29) is 5.78 Å². The number of halogens is 2. The van der Waals surface area contributed by atoms with Crippen molar-refractivity contribution in [1.29, 1.82) is 0 Å². The van der Waals surface area contributed by atoms with Crippen molar-refractivity contribution in [3.8, 4) is 0 Å². The molecule has 0 aromatic heterocycles. The predicted molar refractivity (Wildman–Crippen MR) is 103 cm³/mol. The summed E-state index contributed by atoms with van der Waals surface area (Å²) in [6.45, 7) is 0. The molecule has 1 aliphatic rings. The highest BCUT2D eigenvalue weighted by Crippen LogP contribution is 2.48. The first-order valence-electron chi connectivity index (χ1n) is 8.26. The second-order valence-corrected chi connectivity index (χ2v) is 7.26. The van der Waals surface area contributed by atoms with Crippen molar-refractivity contribution in [2.45, 2.75) is 18.3 Å². The Morgan fingerprint density at radius 1 is 0.760 bits per heavy atom. The maximum atomic E-state index is 12.5. The quantitative estimate of drug-likeness (QED) is 0.519. The fraction of sp³-hybridized carbons (Fsp3) is 0.136. The zero-order chi connectivity index (χ0) is 17.4. The van der Waals surface area contributed by atoms with Gasteiger partial charge >= 0.3 is 0 Å². The number of carbonyl (C=O) groups excluding carboxylic acids is 1. The molecule has 0 N–H and O–H groups in total. The molecule has 0 radical (unpaired) electrons. The van der Waals surface area contributed by atoms with Crippen molar-refractivity contribution in [1.82, 2.24) is 0 Å². The van der Waals surface area contributed by atoms with Crippen LogP contribution in [0.25, 0.3) is 0 Å². The molecular weight excluding hydrogens is 351 g/mol. The SMILES string of the molecule is O=C1CCC(c2ccccc2)(c2ccc(Cl)cc2)c2cc(Cl)ccc21. The predicted octanol–water partition coefficient (Wildman–Crippen LogP) is 6.30. The van der Waals surface area contributed by atoms with E-state index in [2.05, 4.69) is 24.3 Å². The molecule has 0 spiro atoms. The summed E-state index contributed by atoms with van der Waals surface area (Å²) in [6.07, 6.45) is 1.22. The molecule has 0 saturated heterocycles. The highest BCUT2D eigenvalue weighted by Gasteiger charge is 2.42. The summed E-state index contributed by atoms with van der Waals surface area (Å²) >= 11 is 12.4. The number of fused-ring (bicyclic) bond motifs is 1. The van der Waals surface area contributed by atoms with E-state index < -0.39 is 5.41 Å². The minimum absolute atomic E-state index is 0.173. The van der Waals surface area contributed by atoms with Gasteiger partial charge in [0.15, 0.2) is 5.78 Å². The number of ketones is 1. The van der Waals surface area contributed by atoms with Gasteiger partial charge in [-0.15, -0.1) is 0 Å². The van der Waals surface area contributed by atoms with Gasteiger partial charge in [0.1, 0.15) is 0 Å². The molecule has 25 heavy (non-hydrogen) atoms. The van der Waals surface area contributed by atoms with Crippen LogP contribution in [0.15, 0.2) is 72.8 Å².